The van der Waals surface area contributed by atoms with Gasteiger partial charge < -0.3 is 0 Å². The first-order chi connectivity index (χ1) is 4.70. The lowest BCUT2D eigenvalue weighted by Crippen LogP contribution is -1.79. The fourth-order valence-electron chi connectivity index (χ4n) is 0.289. The first-order valence-electron chi connectivity index (χ1n) is 3.01. The summed E-state index contributed by atoms with van der Waals surface area (Å²) in [6.45, 7) is 7.25. The highest BCUT2D eigenvalue weighted by Gasteiger charge is 1.78. The molecule has 1 nitrogen and oxygen atoms in total. The molecule has 0 saturated carbocycles. The number of hydrogen-bond donors (Lipinski definition) is 0. The van der Waals surface area contributed by atoms with E-state index in [4.69, 9.17) is 6.42 Å². The SMILES string of the molecule is C#C/C(C)=C\N=C(C)C=C. The van der Waals surface area contributed by atoms with Crippen LogP contribution in [0.4, 0.5) is 0 Å². The van der Waals surface area contributed by atoms with Crippen LogP contribution in [0.1, 0.15) is 13.8 Å². The molecule has 0 fully saturated rings. The third-order valence-corrected chi connectivity index (χ3v) is 0.985. The summed E-state index contributed by atoms with van der Waals surface area (Å²) in [5, 5.41) is 0. The van der Waals surface area contributed by atoms with Gasteiger partial charge in [0.25, 0.3) is 0 Å². The zero-order chi connectivity index (χ0) is 7.98. The second-order valence-corrected chi connectivity index (χ2v) is 1.93. The highest BCUT2D eigenvalue weighted by molar-refractivity contribution is 5.92. The van der Waals surface area contributed by atoms with Gasteiger partial charge in [-0.05, 0) is 19.9 Å². The highest BCUT2D eigenvalue weighted by atomic mass is 14.7. The van der Waals surface area contributed by atoms with Gasteiger partial charge in [-0.2, -0.15) is 0 Å². The summed E-state index contributed by atoms with van der Waals surface area (Å²) in [5.41, 5.74) is 1.69. The second-order valence-electron chi connectivity index (χ2n) is 1.93. The van der Waals surface area contributed by atoms with Crippen LogP contribution in [0.5, 0.6) is 0 Å². The Labute approximate surface area is 62.2 Å². The minimum Gasteiger partial charge on any atom is -0.261 e. The molecule has 0 aliphatic heterocycles. The standard InChI is InChI=1S/C9H11N/c1-5-8(3)7-10-9(4)6-2/h1,6-7H,2H2,3-4H3/b8-7-,10-9?. The Bertz CT molecular complexity index is 213. The van der Waals surface area contributed by atoms with Gasteiger partial charge >= 0.3 is 0 Å². The molecule has 0 amide bonds. The maximum absolute atomic E-state index is 5.09. The fraction of sp³-hybridized carbons (Fsp3) is 0.222. The number of hydrogen-bond acceptors (Lipinski definition) is 1. The lowest BCUT2D eigenvalue weighted by Gasteiger charge is -1.85. The Hall–Kier alpha value is -1.29. The lowest BCUT2D eigenvalue weighted by molar-refractivity contribution is 1.44. The normalized spacial score (nSPS) is 12.5. The van der Waals surface area contributed by atoms with E-state index in [-0.39, 0.29) is 0 Å². The van der Waals surface area contributed by atoms with Crippen molar-refractivity contribution in [2.24, 2.45) is 4.99 Å². The Balaban J connectivity index is 4.21. The molecule has 0 unspecified atom stereocenters. The lowest BCUT2D eigenvalue weighted by atomic mass is 10.3. The van der Waals surface area contributed by atoms with Gasteiger partial charge in [0.05, 0.1) is 0 Å². The van der Waals surface area contributed by atoms with Crippen LogP contribution >= 0.6 is 0 Å². The first kappa shape index (κ1) is 8.71. The van der Waals surface area contributed by atoms with E-state index < -0.39 is 0 Å². The van der Waals surface area contributed by atoms with Gasteiger partial charge in [-0.3, -0.25) is 4.99 Å². The Morgan fingerprint density at radius 3 is 2.60 bits per heavy atom. The summed E-state index contributed by atoms with van der Waals surface area (Å²) in [4.78, 5) is 4.01. The van der Waals surface area contributed by atoms with Crippen molar-refractivity contribution >= 4 is 5.71 Å². The van der Waals surface area contributed by atoms with Crippen LogP contribution < -0.4 is 0 Å². The van der Waals surface area contributed by atoms with Gasteiger partial charge in [-0.1, -0.05) is 12.5 Å². The Kier molecular flexibility index (Phi) is 3.99. The minimum absolute atomic E-state index is 0.821. The highest BCUT2D eigenvalue weighted by Crippen LogP contribution is 1.89. The van der Waals surface area contributed by atoms with Crippen LogP contribution in [-0.4, -0.2) is 5.71 Å². The third kappa shape index (κ3) is 3.68. The molecule has 0 saturated heterocycles. The van der Waals surface area contributed by atoms with E-state index in [1.54, 1.807) is 12.3 Å². The van der Waals surface area contributed by atoms with Gasteiger partial charge in [0.15, 0.2) is 0 Å². The van der Waals surface area contributed by atoms with E-state index in [0.717, 1.165) is 11.3 Å². The van der Waals surface area contributed by atoms with Crippen molar-refractivity contribution in [3.05, 3.63) is 24.4 Å². The van der Waals surface area contributed by atoms with Gasteiger partial charge in [-0.15, -0.1) is 6.42 Å². The van der Waals surface area contributed by atoms with E-state index in [9.17, 15) is 0 Å². The molecule has 0 bridgehead atoms. The molecule has 0 rings (SSSR count). The summed E-state index contributed by atoms with van der Waals surface area (Å²) < 4.78 is 0. The molecule has 0 spiro atoms. The molecule has 0 aliphatic carbocycles. The number of nitrogens with zero attached hydrogens (tertiary/aromatic N) is 1. The van der Waals surface area contributed by atoms with Crippen LogP contribution in [0.3, 0.4) is 0 Å². The van der Waals surface area contributed by atoms with E-state index in [2.05, 4.69) is 17.5 Å². The van der Waals surface area contributed by atoms with Gasteiger partial charge in [0.2, 0.25) is 0 Å². The minimum atomic E-state index is 0.821. The predicted molar refractivity (Wildman–Crippen MR) is 45.9 cm³/mol. The van der Waals surface area contributed by atoms with Gasteiger partial charge in [0.1, 0.15) is 0 Å². The van der Waals surface area contributed by atoms with E-state index >= 15 is 0 Å². The van der Waals surface area contributed by atoms with E-state index in [1.807, 2.05) is 13.8 Å². The molecule has 0 aliphatic rings. The number of aliphatic imine (C=N–C) groups is 1. The van der Waals surface area contributed by atoms with Crippen LogP contribution in [0.15, 0.2) is 29.4 Å². The third-order valence-electron chi connectivity index (χ3n) is 0.985. The van der Waals surface area contributed by atoms with Crippen molar-refractivity contribution in [1.29, 1.82) is 0 Å². The largest absolute Gasteiger partial charge is 0.261 e. The van der Waals surface area contributed by atoms with Crippen LogP contribution in [0, 0.1) is 12.3 Å². The maximum atomic E-state index is 5.09. The van der Waals surface area contributed by atoms with Crippen molar-refractivity contribution in [3.63, 3.8) is 0 Å². The monoisotopic (exact) mass is 133 g/mol. The zero-order valence-electron chi connectivity index (χ0n) is 6.39. The van der Waals surface area contributed by atoms with Crippen LogP contribution in [-0.2, 0) is 0 Å². The molecule has 0 aromatic heterocycles. The molecular formula is C9H11N. The van der Waals surface area contributed by atoms with Crippen LogP contribution in [0.2, 0.25) is 0 Å². The van der Waals surface area contributed by atoms with Gasteiger partial charge in [0, 0.05) is 17.5 Å². The van der Waals surface area contributed by atoms with Crippen LogP contribution in [0.25, 0.3) is 0 Å². The molecule has 10 heavy (non-hydrogen) atoms. The molecule has 0 heterocycles. The first-order valence-corrected chi connectivity index (χ1v) is 3.01. The molecule has 0 aromatic carbocycles. The van der Waals surface area contributed by atoms with Crippen molar-refractivity contribution in [2.45, 2.75) is 13.8 Å². The molecule has 0 N–H and O–H groups in total. The van der Waals surface area contributed by atoms with Gasteiger partial charge in [-0.25, -0.2) is 0 Å². The average Bonchev–Trinajstić information content (AvgIpc) is 1.99. The molecule has 1 heteroatoms. The Morgan fingerprint density at radius 2 is 2.20 bits per heavy atom. The smallest absolute Gasteiger partial charge is 0.0383 e. The predicted octanol–water partition coefficient (Wildman–Crippen LogP) is 2.17. The van der Waals surface area contributed by atoms with Crippen molar-refractivity contribution in [2.75, 3.05) is 0 Å². The second kappa shape index (κ2) is 4.58. The van der Waals surface area contributed by atoms with E-state index in [1.165, 1.54) is 0 Å². The number of terminal acetylenes is 1. The summed E-state index contributed by atoms with van der Waals surface area (Å²) in [5.74, 6) is 2.46. The summed E-state index contributed by atoms with van der Waals surface area (Å²) in [6, 6.07) is 0. The average molecular weight is 133 g/mol. The van der Waals surface area contributed by atoms with E-state index in [0.29, 0.717) is 0 Å². The fourth-order valence-corrected chi connectivity index (χ4v) is 0.289. The van der Waals surface area contributed by atoms with Crippen molar-refractivity contribution < 1.29 is 0 Å². The molecular weight excluding hydrogens is 122 g/mol. The number of rotatable bonds is 2. The quantitative estimate of drug-likeness (QED) is 0.404. The summed E-state index contributed by atoms with van der Waals surface area (Å²) in [7, 11) is 0. The summed E-state index contributed by atoms with van der Waals surface area (Å²) in [6.07, 6.45) is 8.42. The molecule has 0 aromatic rings. The maximum Gasteiger partial charge on any atom is 0.0383 e. The summed E-state index contributed by atoms with van der Waals surface area (Å²) >= 11 is 0. The topological polar surface area (TPSA) is 12.4 Å². The molecule has 52 valence electrons. The van der Waals surface area contributed by atoms with Crippen molar-refractivity contribution in [1.82, 2.24) is 0 Å². The molecule has 0 radical (unpaired) electrons. The van der Waals surface area contributed by atoms with Crippen molar-refractivity contribution in [3.8, 4) is 12.3 Å². The number of allylic oxidation sites excluding steroid dienone is 2. The Morgan fingerprint density at radius 1 is 1.60 bits per heavy atom. The molecule has 0 atom stereocenters. The zero-order valence-corrected chi connectivity index (χ0v) is 6.39.